The van der Waals surface area contributed by atoms with E-state index >= 15 is 0 Å². The maximum absolute atomic E-state index is 13.0. The molecule has 1 fully saturated rings. The second-order valence-electron chi connectivity index (χ2n) is 8.75. The summed E-state index contributed by atoms with van der Waals surface area (Å²) in [7, 11) is 0. The van der Waals surface area contributed by atoms with Crippen LogP contribution >= 0.6 is 11.3 Å². The Hall–Kier alpha value is -3.27. The molecule has 1 aliphatic rings. The van der Waals surface area contributed by atoms with Crippen LogP contribution in [0.3, 0.4) is 0 Å². The van der Waals surface area contributed by atoms with Crippen LogP contribution in [0.4, 0.5) is 10.8 Å². The first-order chi connectivity index (χ1) is 16.4. The lowest BCUT2D eigenvalue weighted by Gasteiger charge is -2.31. The minimum Gasteiger partial charge on any atom is -0.356 e. The molecule has 0 radical (unpaired) electrons. The van der Waals surface area contributed by atoms with Gasteiger partial charge in [0.1, 0.15) is 17.6 Å². The summed E-state index contributed by atoms with van der Waals surface area (Å²) in [6, 6.07) is 5.69. The number of hydrogen-bond acceptors (Lipinski definition) is 7. The fourth-order valence-corrected chi connectivity index (χ4v) is 5.02. The van der Waals surface area contributed by atoms with E-state index < -0.39 is 0 Å². The van der Waals surface area contributed by atoms with Crippen LogP contribution in [-0.4, -0.2) is 46.0 Å². The molecule has 2 amide bonds. The zero-order chi connectivity index (χ0) is 24.2. The number of hydrogen-bond donors (Lipinski definition) is 2. The van der Waals surface area contributed by atoms with Crippen molar-refractivity contribution in [2.45, 2.75) is 46.6 Å². The van der Waals surface area contributed by atoms with Gasteiger partial charge >= 0.3 is 0 Å². The van der Waals surface area contributed by atoms with Gasteiger partial charge in [-0.1, -0.05) is 24.3 Å². The Kier molecular flexibility index (Phi) is 7.26. The number of thiazole rings is 1. The number of benzene rings is 1. The third-order valence-corrected chi connectivity index (χ3v) is 7.18. The number of piperidine rings is 1. The number of rotatable bonds is 7. The Morgan fingerprint density at radius 1 is 1.24 bits per heavy atom. The minimum absolute atomic E-state index is 0.0722. The lowest BCUT2D eigenvalue weighted by molar-refractivity contribution is -0.125. The van der Waals surface area contributed by atoms with E-state index in [1.165, 1.54) is 22.2 Å². The van der Waals surface area contributed by atoms with Crippen LogP contribution in [0.5, 0.6) is 0 Å². The third-order valence-electron chi connectivity index (χ3n) is 6.09. The highest BCUT2D eigenvalue weighted by Crippen LogP contribution is 2.29. The SMILES string of the molecule is CCCNC(=O)C1CCCN(c2nc3ncn(CC(=O)Nc4ccc(C)c(C)c4)c(=O)c3s2)C1. The molecule has 0 spiro atoms. The van der Waals surface area contributed by atoms with Gasteiger partial charge in [-0.15, -0.1) is 0 Å². The molecule has 10 heteroatoms. The van der Waals surface area contributed by atoms with Crippen molar-refractivity contribution in [1.29, 1.82) is 0 Å². The van der Waals surface area contributed by atoms with Gasteiger partial charge in [0.2, 0.25) is 11.8 Å². The molecule has 4 rings (SSSR count). The summed E-state index contributed by atoms with van der Waals surface area (Å²) in [6.45, 7) is 7.92. The summed E-state index contributed by atoms with van der Waals surface area (Å²) < 4.78 is 1.71. The molecule has 1 unspecified atom stereocenters. The van der Waals surface area contributed by atoms with Crippen LogP contribution in [0.15, 0.2) is 29.3 Å². The molecule has 1 aromatic carbocycles. The quantitative estimate of drug-likeness (QED) is 0.536. The van der Waals surface area contributed by atoms with E-state index in [9.17, 15) is 14.4 Å². The Morgan fingerprint density at radius 3 is 2.82 bits per heavy atom. The zero-order valence-corrected chi connectivity index (χ0v) is 20.6. The molecule has 0 saturated carbocycles. The molecule has 1 atom stereocenters. The van der Waals surface area contributed by atoms with Crippen LogP contribution in [-0.2, 0) is 16.1 Å². The monoisotopic (exact) mass is 482 g/mol. The maximum Gasteiger partial charge on any atom is 0.273 e. The highest BCUT2D eigenvalue weighted by Gasteiger charge is 2.27. The fourth-order valence-electron chi connectivity index (χ4n) is 4.01. The van der Waals surface area contributed by atoms with Crippen LogP contribution in [0.1, 0.15) is 37.3 Å². The van der Waals surface area contributed by atoms with Gasteiger partial charge in [-0.3, -0.25) is 19.0 Å². The molecular formula is C24H30N6O3S. The van der Waals surface area contributed by atoms with E-state index in [1.54, 1.807) is 0 Å². The summed E-state index contributed by atoms with van der Waals surface area (Å²) in [6.07, 6.45) is 4.00. The number of aryl methyl sites for hydroxylation is 2. The van der Waals surface area contributed by atoms with Crippen LogP contribution in [0.2, 0.25) is 0 Å². The first-order valence-corrected chi connectivity index (χ1v) is 12.4. The number of nitrogens with zero attached hydrogens (tertiary/aromatic N) is 4. The average Bonchev–Trinajstić information content (AvgIpc) is 3.27. The fraction of sp³-hybridized carbons (Fsp3) is 0.458. The number of anilines is 2. The van der Waals surface area contributed by atoms with Crippen molar-refractivity contribution in [2.24, 2.45) is 5.92 Å². The lowest BCUT2D eigenvalue weighted by atomic mass is 9.97. The van der Waals surface area contributed by atoms with E-state index in [0.717, 1.165) is 36.9 Å². The Balaban J connectivity index is 1.48. The summed E-state index contributed by atoms with van der Waals surface area (Å²) in [4.78, 5) is 48.9. The van der Waals surface area contributed by atoms with Crippen molar-refractivity contribution in [3.63, 3.8) is 0 Å². The van der Waals surface area contributed by atoms with Gasteiger partial charge in [0.05, 0.1) is 5.92 Å². The predicted octanol–water partition coefficient (Wildman–Crippen LogP) is 2.85. The maximum atomic E-state index is 13.0. The number of carbonyl (C=O) groups excluding carboxylic acids is 2. The molecule has 0 bridgehead atoms. The van der Waals surface area contributed by atoms with Crippen LogP contribution in [0.25, 0.3) is 10.3 Å². The molecule has 1 aliphatic heterocycles. The van der Waals surface area contributed by atoms with Crippen molar-refractivity contribution < 1.29 is 9.59 Å². The smallest absolute Gasteiger partial charge is 0.273 e. The number of carbonyl (C=O) groups is 2. The molecular weight excluding hydrogens is 452 g/mol. The van der Waals surface area contributed by atoms with Gasteiger partial charge in [-0.05, 0) is 56.4 Å². The van der Waals surface area contributed by atoms with E-state index in [1.807, 2.05) is 39.0 Å². The summed E-state index contributed by atoms with van der Waals surface area (Å²) >= 11 is 1.27. The van der Waals surface area contributed by atoms with Crippen molar-refractivity contribution in [3.05, 3.63) is 46.0 Å². The third kappa shape index (κ3) is 5.27. The zero-order valence-electron chi connectivity index (χ0n) is 19.8. The molecule has 34 heavy (non-hydrogen) atoms. The highest BCUT2D eigenvalue weighted by molar-refractivity contribution is 7.22. The van der Waals surface area contributed by atoms with E-state index in [2.05, 4.69) is 25.5 Å². The van der Waals surface area contributed by atoms with E-state index in [0.29, 0.717) is 34.3 Å². The van der Waals surface area contributed by atoms with Crippen LogP contribution in [0, 0.1) is 19.8 Å². The van der Waals surface area contributed by atoms with Gasteiger partial charge in [-0.2, -0.15) is 4.98 Å². The molecule has 2 N–H and O–H groups in total. The van der Waals surface area contributed by atoms with Gasteiger partial charge < -0.3 is 15.5 Å². The number of nitrogens with one attached hydrogen (secondary N) is 2. The molecule has 2 aromatic heterocycles. The second-order valence-corrected chi connectivity index (χ2v) is 9.73. The van der Waals surface area contributed by atoms with Gasteiger partial charge in [0.15, 0.2) is 10.8 Å². The van der Waals surface area contributed by atoms with E-state index in [-0.39, 0.29) is 29.8 Å². The topological polar surface area (TPSA) is 109 Å². The normalized spacial score (nSPS) is 16.0. The molecule has 3 heterocycles. The molecule has 3 aromatic rings. The Bertz CT molecular complexity index is 1270. The van der Waals surface area contributed by atoms with Crippen molar-refractivity contribution in [3.8, 4) is 0 Å². The number of fused-ring (bicyclic) bond motifs is 1. The number of amides is 2. The lowest BCUT2D eigenvalue weighted by Crippen LogP contribution is -2.43. The van der Waals surface area contributed by atoms with Gasteiger partial charge in [-0.25, -0.2) is 4.98 Å². The van der Waals surface area contributed by atoms with Crippen molar-refractivity contribution in [1.82, 2.24) is 19.9 Å². The van der Waals surface area contributed by atoms with Gasteiger partial charge in [0.25, 0.3) is 5.56 Å². The number of aromatic nitrogens is 3. The molecule has 0 aliphatic carbocycles. The standard InChI is InChI=1S/C24H30N6O3S/c1-4-9-25-22(32)17-6-5-10-29(12-17)24-28-21-20(34-24)23(33)30(14-26-21)13-19(31)27-18-8-7-15(2)16(3)11-18/h7-8,11,14,17H,4-6,9-10,12-13H2,1-3H3,(H,25,32)(H,27,31). The minimum atomic E-state index is -0.298. The van der Waals surface area contributed by atoms with Crippen molar-refractivity contribution >= 4 is 44.3 Å². The summed E-state index contributed by atoms with van der Waals surface area (Å²) in [5, 5.41) is 6.49. The molecule has 1 saturated heterocycles. The average molecular weight is 483 g/mol. The largest absolute Gasteiger partial charge is 0.356 e. The predicted molar refractivity (Wildman–Crippen MR) is 134 cm³/mol. The summed E-state index contributed by atoms with van der Waals surface area (Å²) in [5.41, 5.74) is 2.99. The highest BCUT2D eigenvalue weighted by atomic mass is 32.1. The summed E-state index contributed by atoms with van der Waals surface area (Å²) in [5.74, 6) is -0.317. The Labute approximate surface area is 202 Å². The van der Waals surface area contributed by atoms with Gasteiger partial charge in [0, 0.05) is 25.3 Å². The second kappa shape index (κ2) is 10.3. The Morgan fingerprint density at radius 2 is 2.06 bits per heavy atom. The van der Waals surface area contributed by atoms with Crippen molar-refractivity contribution in [2.75, 3.05) is 29.9 Å². The van der Waals surface area contributed by atoms with Crippen LogP contribution < -0.4 is 21.1 Å². The molecule has 180 valence electrons. The molecule has 9 nitrogen and oxygen atoms in total. The van der Waals surface area contributed by atoms with E-state index in [4.69, 9.17) is 0 Å². The first kappa shape index (κ1) is 23.9. The first-order valence-electron chi connectivity index (χ1n) is 11.6.